The summed E-state index contributed by atoms with van der Waals surface area (Å²) in [6.45, 7) is 5.75. The standard InChI is InChI=1S/C15H17ClN4S/c1-3-19(10-12-6-4-5-11(2)17-12)14-13(9-16)20-7-8-21-15(20)18-14/h4-8H,3,9-10H2,1-2H3. The number of imidazole rings is 1. The first-order valence-corrected chi connectivity index (χ1v) is 8.32. The van der Waals surface area contributed by atoms with Gasteiger partial charge in [0.1, 0.15) is 0 Å². The third-order valence-electron chi connectivity index (χ3n) is 3.45. The number of thiazole rings is 1. The third-order valence-corrected chi connectivity index (χ3v) is 4.46. The van der Waals surface area contributed by atoms with Crippen molar-refractivity contribution in [3.8, 4) is 0 Å². The quantitative estimate of drug-likeness (QED) is 0.669. The minimum absolute atomic E-state index is 0.449. The van der Waals surface area contributed by atoms with Gasteiger partial charge in [-0.2, -0.15) is 0 Å². The van der Waals surface area contributed by atoms with Crippen LogP contribution in [0.25, 0.3) is 4.96 Å². The smallest absolute Gasteiger partial charge is 0.195 e. The Balaban J connectivity index is 1.96. The summed E-state index contributed by atoms with van der Waals surface area (Å²) in [4.78, 5) is 12.5. The highest BCUT2D eigenvalue weighted by Gasteiger charge is 2.18. The van der Waals surface area contributed by atoms with Gasteiger partial charge in [0, 0.05) is 23.8 Å². The number of aryl methyl sites for hydroxylation is 1. The van der Waals surface area contributed by atoms with Gasteiger partial charge >= 0.3 is 0 Å². The number of aromatic nitrogens is 3. The molecule has 0 saturated carbocycles. The Labute approximate surface area is 133 Å². The highest BCUT2D eigenvalue weighted by Crippen LogP contribution is 2.27. The molecule has 3 aromatic rings. The average Bonchev–Trinajstić information content (AvgIpc) is 3.05. The summed E-state index contributed by atoms with van der Waals surface area (Å²) in [5.74, 6) is 1.41. The van der Waals surface area contributed by atoms with Gasteiger partial charge in [0.2, 0.25) is 0 Å². The SMILES string of the molecule is CCN(Cc1cccc(C)n1)c1nc2sccn2c1CCl. The Bertz CT molecular complexity index is 749. The lowest BCUT2D eigenvalue weighted by Gasteiger charge is -2.21. The fraction of sp³-hybridized carbons (Fsp3) is 0.333. The maximum atomic E-state index is 6.14. The maximum absolute atomic E-state index is 6.14. The lowest BCUT2D eigenvalue weighted by atomic mass is 10.3. The van der Waals surface area contributed by atoms with Crippen LogP contribution in [-0.4, -0.2) is 20.9 Å². The van der Waals surface area contributed by atoms with Gasteiger partial charge in [-0.1, -0.05) is 6.07 Å². The van der Waals surface area contributed by atoms with E-state index in [2.05, 4.69) is 27.3 Å². The van der Waals surface area contributed by atoms with Crippen molar-refractivity contribution in [2.45, 2.75) is 26.3 Å². The Morgan fingerprint density at radius 2 is 2.19 bits per heavy atom. The zero-order valence-corrected chi connectivity index (χ0v) is 13.7. The number of nitrogens with zero attached hydrogens (tertiary/aromatic N) is 4. The zero-order valence-electron chi connectivity index (χ0n) is 12.1. The molecule has 21 heavy (non-hydrogen) atoms. The van der Waals surface area contributed by atoms with Gasteiger partial charge in [0.05, 0.1) is 23.8 Å². The number of pyridine rings is 1. The topological polar surface area (TPSA) is 33.4 Å². The van der Waals surface area contributed by atoms with E-state index in [0.29, 0.717) is 5.88 Å². The first-order chi connectivity index (χ1) is 10.2. The molecule has 4 nitrogen and oxygen atoms in total. The Morgan fingerprint density at radius 1 is 1.33 bits per heavy atom. The van der Waals surface area contributed by atoms with E-state index in [0.717, 1.165) is 41.0 Å². The molecule has 0 fully saturated rings. The van der Waals surface area contributed by atoms with Crippen LogP contribution in [0.4, 0.5) is 5.82 Å². The van der Waals surface area contributed by atoms with Crippen molar-refractivity contribution in [1.29, 1.82) is 0 Å². The summed E-state index contributed by atoms with van der Waals surface area (Å²) >= 11 is 7.77. The second-order valence-corrected chi connectivity index (χ2v) is 6.00. The Morgan fingerprint density at radius 3 is 2.90 bits per heavy atom. The first kappa shape index (κ1) is 14.4. The van der Waals surface area contributed by atoms with Gasteiger partial charge in [-0.3, -0.25) is 9.38 Å². The lowest BCUT2D eigenvalue weighted by Crippen LogP contribution is -2.24. The van der Waals surface area contributed by atoms with Crippen LogP contribution >= 0.6 is 22.9 Å². The maximum Gasteiger partial charge on any atom is 0.195 e. The molecule has 110 valence electrons. The van der Waals surface area contributed by atoms with Crippen molar-refractivity contribution in [1.82, 2.24) is 14.4 Å². The molecule has 0 aliphatic carbocycles. The molecule has 0 aliphatic heterocycles. The van der Waals surface area contributed by atoms with E-state index in [4.69, 9.17) is 16.6 Å². The number of hydrogen-bond acceptors (Lipinski definition) is 4. The molecule has 0 atom stereocenters. The third kappa shape index (κ3) is 2.76. The van der Waals surface area contributed by atoms with Crippen LogP contribution < -0.4 is 4.90 Å². The van der Waals surface area contributed by atoms with Crippen molar-refractivity contribution in [2.24, 2.45) is 0 Å². The molecule has 3 rings (SSSR count). The summed E-state index contributed by atoms with van der Waals surface area (Å²) in [6, 6.07) is 6.10. The highest BCUT2D eigenvalue weighted by molar-refractivity contribution is 7.15. The molecule has 0 aromatic carbocycles. The summed E-state index contributed by atoms with van der Waals surface area (Å²) in [5.41, 5.74) is 3.13. The second-order valence-electron chi connectivity index (χ2n) is 4.86. The predicted octanol–water partition coefficient (Wildman–Crippen LogP) is 3.86. The van der Waals surface area contributed by atoms with Gasteiger partial charge in [0.15, 0.2) is 10.8 Å². The molecule has 0 saturated heterocycles. The van der Waals surface area contributed by atoms with Crippen LogP contribution in [0.1, 0.15) is 24.0 Å². The van der Waals surface area contributed by atoms with E-state index in [1.165, 1.54) is 0 Å². The number of halogens is 1. The van der Waals surface area contributed by atoms with Gasteiger partial charge in [-0.25, -0.2) is 4.98 Å². The number of fused-ring (bicyclic) bond motifs is 1. The fourth-order valence-corrected chi connectivity index (χ4v) is 3.39. The van der Waals surface area contributed by atoms with Crippen LogP contribution in [0.5, 0.6) is 0 Å². The highest BCUT2D eigenvalue weighted by atomic mass is 35.5. The first-order valence-electron chi connectivity index (χ1n) is 6.90. The monoisotopic (exact) mass is 320 g/mol. The van der Waals surface area contributed by atoms with Crippen molar-refractivity contribution in [3.63, 3.8) is 0 Å². The Kier molecular flexibility index (Phi) is 4.12. The van der Waals surface area contributed by atoms with Gasteiger partial charge in [-0.15, -0.1) is 22.9 Å². The molecular weight excluding hydrogens is 304 g/mol. The van der Waals surface area contributed by atoms with E-state index >= 15 is 0 Å². The number of alkyl halides is 1. The van der Waals surface area contributed by atoms with E-state index in [9.17, 15) is 0 Å². The predicted molar refractivity (Wildman–Crippen MR) is 88.3 cm³/mol. The molecule has 0 unspecified atom stereocenters. The molecular formula is C15H17ClN4S. The van der Waals surface area contributed by atoms with Crippen LogP contribution in [0.15, 0.2) is 29.8 Å². The number of anilines is 1. The molecule has 0 radical (unpaired) electrons. The van der Waals surface area contributed by atoms with Crippen molar-refractivity contribution in [2.75, 3.05) is 11.4 Å². The minimum atomic E-state index is 0.449. The van der Waals surface area contributed by atoms with Crippen LogP contribution in [0.3, 0.4) is 0 Å². The number of hydrogen-bond donors (Lipinski definition) is 0. The summed E-state index contributed by atoms with van der Waals surface area (Å²) in [6.07, 6.45) is 2.02. The van der Waals surface area contributed by atoms with Crippen molar-refractivity contribution >= 4 is 33.7 Å². The number of rotatable bonds is 5. The van der Waals surface area contributed by atoms with E-state index < -0.39 is 0 Å². The fourth-order valence-electron chi connectivity index (χ4n) is 2.42. The van der Waals surface area contributed by atoms with Gasteiger partial charge < -0.3 is 4.90 Å². The Hall–Kier alpha value is -1.59. The average molecular weight is 321 g/mol. The zero-order chi connectivity index (χ0) is 14.8. The van der Waals surface area contributed by atoms with E-state index in [1.54, 1.807) is 11.3 Å². The van der Waals surface area contributed by atoms with Crippen molar-refractivity contribution < 1.29 is 0 Å². The van der Waals surface area contributed by atoms with Crippen molar-refractivity contribution in [3.05, 3.63) is 46.9 Å². The van der Waals surface area contributed by atoms with Crippen LogP contribution in [0, 0.1) is 6.92 Å². The summed E-state index contributed by atoms with van der Waals surface area (Å²) < 4.78 is 2.07. The normalized spacial score (nSPS) is 11.2. The largest absolute Gasteiger partial charge is 0.349 e. The minimum Gasteiger partial charge on any atom is -0.349 e. The molecule has 3 aromatic heterocycles. The molecule has 0 spiro atoms. The van der Waals surface area contributed by atoms with E-state index in [-0.39, 0.29) is 0 Å². The lowest BCUT2D eigenvalue weighted by molar-refractivity contribution is 0.789. The van der Waals surface area contributed by atoms with Crippen LogP contribution in [-0.2, 0) is 12.4 Å². The van der Waals surface area contributed by atoms with Gasteiger partial charge in [-0.05, 0) is 26.0 Å². The van der Waals surface area contributed by atoms with Crippen LogP contribution in [0.2, 0.25) is 0 Å². The molecule has 3 heterocycles. The molecule has 0 N–H and O–H groups in total. The molecule has 6 heteroatoms. The molecule has 0 aliphatic rings. The molecule has 0 bridgehead atoms. The molecule has 0 amide bonds. The summed E-state index contributed by atoms with van der Waals surface area (Å²) in [7, 11) is 0. The summed E-state index contributed by atoms with van der Waals surface area (Å²) in [5, 5.41) is 2.03. The second kappa shape index (κ2) is 6.03. The van der Waals surface area contributed by atoms with Gasteiger partial charge in [0.25, 0.3) is 0 Å². The van der Waals surface area contributed by atoms with E-state index in [1.807, 2.05) is 30.6 Å².